The van der Waals surface area contributed by atoms with Gasteiger partial charge in [0.1, 0.15) is 0 Å². The van der Waals surface area contributed by atoms with E-state index < -0.39 is 0 Å². The number of hydrogen-bond donors (Lipinski definition) is 0. The number of benzene rings is 1. The molecule has 18 heavy (non-hydrogen) atoms. The highest BCUT2D eigenvalue weighted by molar-refractivity contribution is 9.10. The third kappa shape index (κ3) is 3.58. The van der Waals surface area contributed by atoms with Crippen molar-refractivity contribution in [3.8, 4) is 0 Å². The Kier molecular flexibility index (Phi) is 4.90. The standard InChI is InChI=1S/C14H19BrClNS/c1-14(2)5-6-17(7-8-18-14)13-4-3-12(15)9-11(13)10-16/h3-4,9H,5-8,10H2,1-2H3. The van der Waals surface area contributed by atoms with E-state index in [2.05, 4.69) is 64.6 Å². The zero-order valence-electron chi connectivity index (χ0n) is 10.9. The number of nitrogens with zero attached hydrogens (tertiary/aromatic N) is 1. The van der Waals surface area contributed by atoms with Crippen LogP contribution in [0.2, 0.25) is 0 Å². The summed E-state index contributed by atoms with van der Waals surface area (Å²) in [4.78, 5) is 2.48. The normalized spacial score (nSPS) is 19.7. The molecule has 0 aliphatic carbocycles. The van der Waals surface area contributed by atoms with E-state index in [-0.39, 0.29) is 0 Å². The number of halogens is 2. The van der Waals surface area contributed by atoms with E-state index in [0.717, 1.165) is 17.6 Å². The maximum absolute atomic E-state index is 6.07. The van der Waals surface area contributed by atoms with Gasteiger partial charge in [0.25, 0.3) is 0 Å². The average molecular weight is 349 g/mol. The lowest BCUT2D eigenvalue weighted by molar-refractivity contribution is 0.637. The second-order valence-corrected chi connectivity index (χ2v) is 8.24. The Hall–Kier alpha value is 0.140. The molecule has 1 fully saturated rings. The van der Waals surface area contributed by atoms with Gasteiger partial charge >= 0.3 is 0 Å². The van der Waals surface area contributed by atoms with Crippen molar-refractivity contribution in [1.82, 2.24) is 0 Å². The minimum Gasteiger partial charge on any atom is -0.370 e. The van der Waals surface area contributed by atoms with E-state index >= 15 is 0 Å². The van der Waals surface area contributed by atoms with Gasteiger partial charge in [-0.05, 0) is 30.2 Å². The molecule has 0 N–H and O–H groups in total. The molecule has 0 unspecified atom stereocenters. The molecule has 1 heterocycles. The monoisotopic (exact) mass is 347 g/mol. The first-order chi connectivity index (χ1) is 8.52. The van der Waals surface area contributed by atoms with Crippen LogP contribution in [0.4, 0.5) is 5.69 Å². The number of alkyl halides is 1. The van der Waals surface area contributed by atoms with Crippen LogP contribution >= 0.6 is 39.3 Å². The molecule has 1 aliphatic heterocycles. The quantitative estimate of drug-likeness (QED) is 0.699. The Morgan fingerprint density at radius 2 is 2.17 bits per heavy atom. The minimum absolute atomic E-state index is 0.394. The van der Waals surface area contributed by atoms with Crippen molar-refractivity contribution in [2.45, 2.75) is 30.9 Å². The van der Waals surface area contributed by atoms with Gasteiger partial charge in [0.2, 0.25) is 0 Å². The van der Waals surface area contributed by atoms with Crippen molar-refractivity contribution >= 4 is 45.0 Å². The molecule has 2 rings (SSSR count). The molecule has 0 spiro atoms. The van der Waals surface area contributed by atoms with Gasteiger partial charge in [-0.2, -0.15) is 11.8 Å². The van der Waals surface area contributed by atoms with Gasteiger partial charge in [-0.25, -0.2) is 0 Å². The summed E-state index contributed by atoms with van der Waals surface area (Å²) in [6.45, 7) is 6.90. The first kappa shape index (κ1) is 14.5. The lowest BCUT2D eigenvalue weighted by Gasteiger charge is -2.26. The fourth-order valence-electron chi connectivity index (χ4n) is 2.23. The van der Waals surface area contributed by atoms with Crippen LogP contribution in [0.1, 0.15) is 25.8 Å². The molecule has 1 saturated heterocycles. The van der Waals surface area contributed by atoms with Crippen LogP contribution < -0.4 is 4.90 Å². The molecule has 0 aromatic heterocycles. The maximum atomic E-state index is 6.07. The Morgan fingerprint density at radius 1 is 1.39 bits per heavy atom. The number of anilines is 1. The predicted octanol–water partition coefficient (Wildman–Crippen LogP) is 4.91. The number of hydrogen-bond acceptors (Lipinski definition) is 2. The van der Waals surface area contributed by atoms with Gasteiger partial charge in [-0.3, -0.25) is 0 Å². The first-order valence-electron chi connectivity index (χ1n) is 6.25. The third-order valence-electron chi connectivity index (χ3n) is 3.36. The fraction of sp³-hybridized carbons (Fsp3) is 0.571. The van der Waals surface area contributed by atoms with E-state index in [1.165, 1.54) is 23.4 Å². The molecule has 1 aliphatic rings. The summed E-state index contributed by atoms with van der Waals surface area (Å²) in [6, 6.07) is 6.42. The van der Waals surface area contributed by atoms with Crippen LogP contribution in [-0.4, -0.2) is 23.6 Å². The molecule has 0 atom stereocenters. The second-order valence-electron chi connectivity index (χ2n) is 5.25. The summed E-state index contributed by atoms with van der Waals surface area (Å²) < 4.78 is 1.50. The van der Waals surface area contributed by atoms with Crippen LogP contribution in [0, 0.1) is 0 Å². The molecule has 0 bridgehead atoms. The topological polar surface area (TPSA) is 3.24 Å². The van der Waals surface area contributed by atoms with E-state index in [0.29, 0.717) is 10.6 Å². The number of thioether (sulfide) groups is 1. The Bertz CT molecular complexity index is 422. The van der Waals surface area contributed by atoms with Gasteiger partial charge in [-0.1, -0.05) is 29.8 Å². The van der Waals surface area contributed by atoms with E-state index in [1.807, 2.05) is 0 Å². The molecule has 0 saturated carbocycles. The maximum Gasteiger partial charge on any atom is 0.0494 e. The Morgan fingerprint density at radius 3 is 2.89 bits per heavy atom. The summed E-state index contributed by atoms with van der Waals surface area (Å²) in [5, 5.41) is 0. The SMILES string of the molecule is CC1(C)CCN(c2ccc(Br)cc2CCl)CCS1. The van der Waals surface area contributed by atoms with Gasteiger partial charge in [0.05, 0.1) is 0 Å². The van der Waals surface area contributed by atoms with Crippen molar-refractivity contribution in [1.29, 1.82) is 0 Å². The average Bonchev–Trinajstić information content (AvgIpc) is 2.50. The summed E-state index contributed by atoms with van der Waals surface area (Å²) in [5.41, 5.74) is 2.52. The molecule has 0 amide bonds. The van der Waals surface area contributed by atoms with Gasteiger partial charge in [-0.15, -0.1) is 11.6 Å². The van der Waals surface area contributed by atoms with E-state index in [1.54, 1.807) is 0 Å². The van der Waals surface area contributed by atoms with Crippen molar-refractivity contribution in [2.75, 3.05) is 23.7 Å². The second kappa shape index (κ2) is 6.06. The highest BCUT2D eigenvalue weighted by Gasteiger charge is 2.24. The fourth-order valence-corrected chi connectivity index (χ4v) is 3.95. The molecule has 1 nitrogen and oxygen atoms in total. The van der Waals surface area contributed by atoms with Crippen LogP contribution in [0.25, 0.3) is 0 Å². The molecular weight excluding hydrogens is 330 g/mol. The third-order valence-corrected chi connectivity index (χ3v) is 5.52. The molecule has 1 aromatic carbocycles. The smallest absolute Gasteiger partial charge is 0.0494 e. The molecule has 1 aromatic rings. The zero-order chi connectivity index (χ0) is 13.2. The lowest BCUT2D eigenvalue weighted by Crippen LogP contribution is -2.27. The molecule has 4 heteroatoms. The van der Waals surface area contributed by atoms with Gasteiger partial charge in [0.15, 0.2) is 0 Å². The highest BCUT2D eigenvalue weighted by Crippen LogP contribution is 2.34. The summed E-state index contributed by atoms with van der Waals surface area (Å²) in [5.74, 6) is 1.76. The van der Waals surface area contributed by atoms with Crippen LogP contribution in [0.3, 0.4) is 0 Å². The molecule has 0 radical (unpaired) electrons. The van der Waals surface area contributed by atoms with Crippen molar-refractivity contribution in [3.63, 3.8) is 0 Å². The van der Waals surface area contributed by atoms with E-state index in [9.17, 15) is 0 Å². The van der Waals surface area contributed by atoms with Crippen LogP contribution in [-0.2, 0) is 5.88 Å². The largest absolute Gasteiger partial charge is 0.370 e. The molecule has 100 valence electrons. The predicted molar refractivity (Wildman–Crippen MR) is 87.1 cm³/mol. The van der Waals surface area contributed by atoms with Crippen molar-refractivity contribution in [2.24, 2.45) is 0 Å². The van der Waals surface area contributed by atoms with E-state index in [4.69, 9.17) is 11.6 Å². The van der Waals surface area contributed by atoms with Crippen molar-refractivity contribution < 1.29 is 0 Å². The minimum atomic E-state index is 0.394. The number of rotatable bonds is 2. The Balaban J connectivity index is 2.21. The molecular formula is C14H19BrClNS. The zero-order valence-corrected chi connectivity index (χ0v) is 14.0. The summed E-state index contributed by atoms with van der Waals surface area (Å²) >= 11 is 11.7. The van der Waals surface area contributed by atoms with Gasteiger partial charge in [0, 0.05) is 39.6 Å². The van der Waals surface area contributed by atoms with Gasteiger partial charge < -0.3 is 4.90 Å². The van der Waals surface area contributed by atoms with Crippen molar-refractivity contribution in [3.05, 3.63) is 28.2 Å². The Labute approximate surface area is 127 Å². The van der Waals surface area contributed by atoms with Crippen LogP contribution in [0.5, 0.6) is 0 Å². The highest BCUT2D eigenvalue weighted by atomic mass is 79.9. The van der Waals surface area contributed by atoms with Crippen LogP contribution in [0.15, 0.2) is 22.7 Å². The lowest BCUT2D eigenvalue weighted by atomic mass is 10.1. The summed E-state index contributed by atoms with van der Waals surface area (Å²) in [7, 11) is 0. The first-order valence-corrected chi connectivity index (χ1v) is 8.56. The summed E-state index contributed by atoms with van der Waals surface area (Å²) in [6.07, 6.45) is 1.22.